The van der Waals surface area contributed by atoms with Crippen molar-refractivity contribution in [1.82, 2.24) is 5.32 Å². The third-order valence-electron chi connectivity index (χ3n) is 6.92. The van der Waals surface area contributed by atoms with E-state index >= 15 is 0 Å². The maximum atomic E-state index is 13.5. The second-order valence-electron chi connectivity index (χ2n) is 8.33. The van der Waals surface area contributed by atoms with Gasteiger partial charge >= 0.3 is 0 Å². The Morgan fingerprint density at radius 3 is 2.71 bits per heavy atom. The van der Waals surface area contributed by atoms with Crippen LogP contribution in [0.5, 0.6) is 0 Å². The molecule has 24 heavy (non-hydrogen) atoms. The molecule has 0 saturated heterocycles. The summed E-state index contributed by atoms with van der Waals surface area (Å²) in [5, 5.41) is 13.7. The van der Waals surface area contributed by atoms with Gasteiger partial charge in [-0.05, 0) is 42.1 Å². The SMILES string of the molecule is CC1(C)[C@H]2CC[C@@]1(C)[C@@H](NC[C@@H](O)COCc1ccccc1F)C2. The Morgan fingerprint density at radius 2 is 2.08 bits per heavy atom. The van der Waals surface area contributed by atoms with E-state index in [1.165, 1.54) is 25.3 Å². The van der Waals surface area contributed by atoms with Gasteiger partial charge in [0.25, 0.3) is 0 Å². The van der Waals surface area contributed by atoms with Crippen LogP contribution in [0.3, 0.4) is 0 Å². The van der Waals surface area contributed by atoms with Crippen molar-refractivity contribution < 1.29 is 14.2 Å². The first kappa shape index (κ1) is 17.8. The molecule has 0 unspecified atom stereocenters. The number of rotatable bonds is 7. The van der Waals surface area contributed by atoms with Gasteiger partial charge in [-0.15, -0.1) is 0 Å². The summed E-state index contributed by atoms with van der Waals surface area (Å²) >= 11 is 0. The van der Waals surface area contributed by atoms with E-state index in [2.05, 4.69) is 26.1 Å². The van der Waals surface area contributed by atoms with Crippen molar-refractivity contribution in [2.45, 2.75) is 58.8 Å². The van der Waals surface area contributed by atoms with Gasteiger partial charge in [0, 0.05) is 18.2 Å². The van der Waals surface area contributed by atoms with E-state index in [0.29, 0.717) is 29.0 Å². The first-order chi connectivity index (χ1) is 11.3. The summed E-state index contributed by atoms with van der Waals surface area (Å²) in [6.07, 6.45) is 3.23. The Balaban J connectivity index is 1.42. The third kappa shape index (κ3) is 3.12. The maximum Gasteiger partial charge on any atom is 0.128 e. The van der Waals surface area contributed by atoms with E-state index in [1.54, 1.807) is 18.2 Å². The monoisotopic (exact) mass is 335 g/mol. The Labute approximate surface area is 144 Å². The van der Waals surface area contributed by atoms with Crippen molar-refractivity contribution >= 4 is 0 Å². The maximum absolute atomic E-state index is 13.5. The minimum atomic E-state index is -0.567. The fourth-order valence-corrected chi connectivity index (χ4v) is 4.77. The van der Waals surface area contributed by atoms with E-state index < -0.39 is 6.10 Å². The van der Waals surface area contributed by atoms with E-state index in [4.69, 9.17) is 4.74 Å². The highest BCUT2D eigenvalue weighted by Crippen LogP contribution is 2.65. The van der Waals surface area contributed by atoms with Gasteiger partial charge in [0.15, 0.2) is 0 Å². The van der Waals surface area contributed by atoms with Crippen LogP contribution in [0.2, 0.25) is 0 Å². The molecule has 2 aliphatic rings. The summed E-state index contributed by atoms with van der Waals surface area (Å²) in [4.78, 5) is 0. The van der Waals surface area contributed by atoms with Crippen molar-refractivity contribution in [2.24, 2.45) is 16.7 Å². The summed E-state index contributed by atoms with van der Waals surface area (Å²) in [6.45, 7) is 8.11. The van der Waals surface area contributed by atoms with E-state index in [9.17, 15) is 9.50 Å². The molecule has 0 aromatic heterocycles. The molecule has 2 bridgehead atoms. The van der Waals surface area contributed by atoms with Gasteiger partial charge in [-0.1, -0.05) is 39.0 Å². The van der Waals surface area contributed by atoms with Crippen LogP contribution in [-0.2, 0) is 11.3 Å². The van der Waals surface area contributed by atoms with Crippen LogP contribution in [-0.4, -0.2) is 30.4 Å². The summed E-state index contributed by atoms with van der Waals surface area (Å²) in [5.41, 5.74) is 1.21. The van der Waals surface area contributed by atoms with E-state index in [1.807, 2.05) is 0 Å². The molecule has 3 nitrogen and oxygen atoms in total. The van der Waals surface area contributed by atoms with Crippen LogP contribution >= 0.6 is 0 Å². The average molecular weight is 335 g/mol. The van der Waals surface area contributed by atoms with Gasteiger partial charge < -0.3 is 15.2 Å². The van der Waals surface area contributed by atoms with Crippen molar-refractivity contribution in [3.63, 3.8) is 0 Å². The fraction of sp³-hybridized carbons (Fsp3) is 0.700. The van der Waals surface area contributed by atoms with Crippen LogP contribution in [0.15, 0.2) is 24.3 Å². The first-order valence-electron chi connectivity index (χ1n) is 9.07. The molecule has 2 saturated carbocycles. The highest BCUT2D eigenvalue weighted by atomic mass is 19.1. The molecular weight excluding hydrogens is 305 g/mol. The smallest absolute Gasteiger partial charge is 0.128 e. The molecule has 0 heterocycles. The average Bonchev–Trinajstić information content (AvgIpc) is 2.88. The number of fused-ring (bicyclic) bond motifs is 2. The minimum Gasteiger partial charge on any atom is -0.389 e. The van der Waals surface area contributed by atoms with Crippen molar-refractivity contribution in [2.75, 3.05) is 13.2 Å². The summed E-state index contributed by atoms with van der Waals surface area (Å²) in [6, 6.07) is 7.05. The zero-order valence-corrected chi connectivity index (χ0v) is 15.0. The van der Waals surface area contributed by atoms with Crippen molar-refractivity contribution in [3.8, 4) is 0 Å². The number of halogens is 1. The van der Waals surface area contributed by atoms with Gasteiger partial charge in [0.05, 0.1) is 19.3 Å². The second kappa shape index (κ2) is 6.74. The number of hydrogen-bond donors (Lipinski definition) is 2. The molecule has 3 rings (SSSR count). The predicted molar refractivity (Wildman–Crippen MR) is 93.1 cm³/mol. The number of aliphatic hydroxyl groups is 1. The zero-order chi connectivity index (χ0) is 17.4. The Bertz CT molecular complexity index is 577. The summed E-state index contributed by atoms with van der Waals surface area (Å²) in [5.74, 6) is 0.525. The fourth-order valence-electron chi connectivity index (χ4n) is 4.77. The molecule has 1 aromatic rings. The lowest BCUT2D eigenvalue weighted by molar-refractivity contribution is 0.0223. The van der Waals surface area contributed by atoms with Gasteiger partial charge in [-0.2, -0.15) is 0 Å². The highest BCUT2D eigenvalue weighted by molar-refractivity contribution is 5.16. The van der Waals surface area contributed by atoms with Gasteiger partial charge in [-0.3, -0.25) is 0 Å². The molecule has 4 heteroatoms. The van der Waals surface area contributed by atoms with Crippen molar-refractivity contribution in [1.29, 1.82) is 0 Å². The topological polar surface area (TPSA) is 41.5 Å². The molecule has 4 atom stereocenters. The number of aliphatic hydroxyl groups excluding tert-OH is 1. The van der Waals surface area contributed by atoms with E-state index in [-0.39, 0.29) is 19.0 Å². The lowest BCUT2D eigenvalue weighted by atomic mass is 9.69. The number of benzene rings is 1. The summed E-state index contributed by atoms with van der Waals surface area (Å²) in [7, 11) is 0. The number of hydrogen-bond acceptors (Lipinski definition) is 3. The minimum absolute atomic E-state index is 0.194. The number of nitrogens with one attached hydrogen (secondary N) is 1. The molecule has 0 amide bonds. The quantitative estimate of drug-likeness (QED) is 0.801. The lowest BCUT2D eigenvalue weighted by Crippen LogP contribution is -2.47. The number of ether oxygens (including phenoxy) is 1. The molecule has 2 fully saturated rings. The highest BCUT2D eigenvalue weighted by Gasteiger charge is 2.60. The lowest BCUT2D eigenvalue weighted by Gasteiger charge is -2.40. The standard InChI is InChI=1S/C20H30FNO2/c1-19(2)15-8-9-20(19,3)18(10-15)22-11-16(23)13-24-12-14-6-4-5-7-17(14)21/h4-7,15-16,18,22-23H,8-13H2,1-3H3/t15-,16+,18-,20-/m0/s1. The van der Waals surface area contributed by atoms with Gasteiger partial charge in [-0.25, -0.2) is 4.39 Å². The summed E-state index contributed by atoms with van der Waals surface area (Å²) < 4.78 is 19.0. The second-order valence-corrected chi connectivity index (χ2v) is 8.33. The van der Waals surface area contributed by atoms with E-state index in [0.717, 1.165) is 5.92 Å². The normalized spacial score (nSPS) is 32.2. The Morgan fingerprint density at radius 1 is 1.33 bits per heavy atom. The Hall–Kier alpha value is -0.970. The Kier molecular flexibility index (Phi) is 5.01. The third-order valence-corrected chi connectivity index (χ3v) is 6.92. The van der Waals surface area contributed by atoms with Gasteiger partial charge in [0.2, 0.25) is 0 Å². The molecule has 0 aliphatic heterocycles. The van der Waals surface area contributed by atoms with Crippen molar-refractivity contribution in [3.05, 3.63) is 35.6 Å². The van der Waals surface area contributed by atoms with Gasteiger partial charge in [0.1, 0.15) is 5.82 Å². The molecule has 2 aliphatic carbocycles. The molecular formula is C20H30FNO2. The van der Waals surface area contributed by atoms with Crippen LogP contribution in [0.1, 0.15) is 45.6 Å². The molecule has 0 spiro atoms. The largest absolute Gasteiger partial charge is 0.389 e. The molecule has 2 N–H and O–H groups in total. The predicted octanol–water partition coefficient (Wildman–Crippen LogP) is 3.51. The first-order valence-corrected chi connectivity index (χ1v) is 9.07. The molecule has 0 radical (unpaired) electrons. The molecule has 134 valence electrons. The van der Waals surface area contributed by atoms with Crippen LogP contribution < -0.4 is 5.32 Å². The van der Waals surface area contributed by atoms with Crippen LogP contribution in [0.25, 0.3) is 0 Å². The molecule has 1 aromatic carbocycles. The zero-order valence-electron chi connectivity index (χ0n) is 15.0. The van der Waals surface area contributed by atoms with Crippen LogP contribution in [0.4, 0.5) is 4.39 Å². The van der Waals surface area contributed by atoms with Crippen LogP contribution in [0, 0.1) is 22.6 Å².